The molecule has 0 bridgehead atoms. The van der Waals surface area contributed by atoms with E-state index in [0.717, 1.165) is 11.1 Å². The second-order valence-corrected chi connectivity index (χ2v) is 15.5. The summed E-state index contributed by atoms with van der Waals surface area (Å²) in [6.45, 7) is 4.26. The Morgan fingerprint density at radius 1 is 0.733 bits per heavy atom. The SMILES string of the molecule is C[C@@H]1C(COC(=O)c2ccccc2)O[C@H](OC2C[C@H](C(=O)NCc3ccc(O)cc3)C(C(=O)CCc3ccc(O)cc3)C[C@@H]2OCCN)C(OC(=O)c2ccccc2)[C@H]1C. The Bertz CT molecular complexity index is 2010. The Kier molecular flexibility index (Phi) is 15.4. The van der Waals surface area contributed by atoms with E-state index in [0.29, 0.717) is 17.5 Å². The lowest BCUT2D eigenvalue weighted by Gasteiger charge is -2.47. The second-order valence-electron chi connectivity index (χ2n) is 15.5. The molecule has 5 N–H and O–H groups in total. The van der Waals surface area contributed by atoms with Crippen molar-refractivity contribution in [2.75, 3.05) is 19.8 Å². The number of nitrogens with two attached hydrogens (primary N) is 1. The summed E-state index contributed by atoms with van der Waals surface area (Å²) in [7, 11) is 0. The van der Waals surface area contributed by atoms with E-state index in [1.54, 1.807) is 97.1 Å². The molecule has 4 aromatic rings. The Labute approximate surface area is 350 Å². The van der Waals surface area contributed by atoms with E-state index < -0.39 is 54.5 Å². The van der Waals surface area contributed by atoms with Crippen molar-refractivity contribution in [3.05, 3.63) is 131 Å². The molecule has 0 spiro atoms. The van der Waals surface area contributed by atoms with Crippen LogP contribution in [0.25, 0.3) is 0 Å². The molecule has 1 saturated carbocycles. The summed E-state index contributed by atoms with van der Waals surface area (Å²) in [5, 5.41) is 22.5. The van der Waals surface area contributed by atoms with Gasteiger partial charge in [0.2, 0.25) is 5.91 Å². The highest BCUT2D eigenvalue weighted by Crippen LogP contribution is 2.40. The zero-order valence-electron chi connectivity index (χ0n) is 33.9. The van der Waals surface area contributed by atoms with Crippen LogP contribution in [0.5, 0.6) is 11.5 Å². The first-order valence-corrected chi connectivity index (χ1v) is 20.5. The Morgan fingerprint density at radius 3 is 1.93 bits per heavy atom. The number of carbonyl (C=O) groups is 4. The average molecular weight is 823 g/mol. The Hall–Kier alpha value is -5.60. The number of carbonyl (C=O) groups excluding carboxylic acids is 4. The van der Waals surface area contributed by atoms with Crippen LogP contribution < -0.4 is 11.1 Å². The molecule has 4 unspecified atom stereocenters. The highest BCUT2D eigenvalue weighted by atomic mass is 16.7. The maximum Gasteiger partial charge on any atom is 0.338 e. The van der Waals surface area contributed by atoms with Crippen molar-refractivity contribution in [1.29, 1.82) is 0 Å². The van der Waals surface area contributed by atoms with Gasteiger partial charge in [-0.2, -0.15) is 0 Å². The van der Waals surface area contributed by atoms with E-state index in [1.165, 1.54) is 12.1 Å². The van der Waals surface area contributed by atoms with E-state index in [9.17, 15) is 29.4 Å². The minimum Gasteiger partial charge on any atom is -0.508 e. The predicted octanol–water partition coefficient (Wildman–Crippen LogP) is 5.75. The van der Waals surface area contributed by atoms with E-state index >= 15 is 0 Å². The summed E-state index contributed by atoms with van der Waals surface area (Å²) >= 11 is 0. The van der Waals surface area contributed by atoms with Crippen molar-refractivity contribution in [3.63, 3.8) is 0 Å². The molecule has 0 radical (unpaired) electrons. The van der Waals surface area contributed by atoms with Gasteiger partial charge in [0.25, 0.3) is 0 Å². The number of ketones is 1. The monoisotopic (exact) mass is 822 g/mol. The summed E-state index contributed by atoms with van der Waals surface area (Å²) in [5.41, 5.74) is 8.25. The number of esters is 2. The molecule has 2 fully saturated rings. The van der Waals surface area contributed by atoms with Crippen LogP contribution in [0.15, 0.2) is 109 Å². The van der Waals surface area contributed by atoms with Gasteiger partial charge in [0.15, 0.2) is 12.4 Å². The third-order valence-corrected chi connectivity index (χ3v) is 11.5. The third-order valence-electron chi connectivity index (χ3n) is 11.5. The highest BCUT2D eigenvalue weighted by molar-refractivity contribution is 5.90. The molecule has 1 aliphatic heterocycles. The number of amides is 1. The number of nitrogens with one attached hydrogen (secondary N) is 1. The van der Waals surface area contributed by atoms with Crippen LogP contribution >= 0.6 is 0 Å². The summed E-state index contributed by atoms with van der Waals surface area (Å²) in [5.74, 6) is -3.55. The lowest BCUT2D eigenvalue weighted by Crippen LogP contribution is -2.57. The van der Waals surface area contributed by atoms with Crippen LogP contribution in [0.2, 0.25) is 0 Å². The maximum atomic E-state index is 14.2. The molecule has 2 aliphatic rings. The third kappa shape index (κ3) is 11.6. The molecule has 13 nitrogen and oxygen atoms in total. The van der Waals surface area contributed by atoms with Gasteiger partial charge in [0, 0.05) is 31.3 Å². The van der Waals surface area contributed by atoms with Crippen molar-refractivity contribution in [3.8, 4) is 11.5 Å². The van der Waals surface area contributed by atoms with Crippen molar-refractivity contribution >= 4 is 23.6 Å². The quantitative estimate of drug-likeness (QED) is 0.0945. The summed E-state index contributed by atoms with van der Waals surface area (Å²) < 4.78 is 31.6. The van der Waals surface area contributed by atoms with Gasteiger partial charge < -0.3 is 44.9 Å². The number of ether oxygens (including phenoxy) is 5. The van der Waals surface area contributed by atoms with Crippen molar-refractivity contribution < 1.29 is 53.1 Å². The van der Waals surface area contributed by atoms with Crippen LogP contribution in [-0.2, 0) is 46.2 Å². The van der Waals surface area contributed by atoms with Gasteiger partial charge in [-0.1, -0.05) is 74.5 Å². The molecule has 9 atom stereocenters. The molecule has 1 aliphatic carbocycles. The summed E-state index contributed by atoms with van der Waals surface area (Å²) in [6.07, 6.45) is -3.53. The normalized spacial score (nSPS) is 25.1. The fourth-order valence-corrected chi connectivity index (χ4v) is 7.84. The molecule has 6 rings (SSSR count). The number of Topliss-reactive ketones (excluding diaryl/α,β-unsaturated/α-hetero) is 1. The van der Waals surface area contributed by atoms with Crippen LogP contribution in [-0.4, -0.2) is 84.3 Å². The van der Waals surface area contributed by atoms with Gasteiger partial charge in [0.05, 0.1) is 42.0 Å². The molecule has 0 aromatic heterocycles. The molecule has 60 heavy (non-hydrogen) atoms. The maximum absolute atomic E-state index is 14.2. The van der Waals surface area contributed by atoms with Gasteiger partial charge in [-0.3, -0.25) is 9.59 Å². The molecule has 4 aromatic carbocycles. The lowest BCUT2D eigenvalue weighted by molar-refractivity contribution is -0.301. The van der Waals surface area contributed by atoms with Gasteiger partial charge in [-0.05, 0) is 84.8 Å². The van der Waals surface area contributed by atoms with Crippen molar-refractivity contribution in [2.45, 2.75) is 76.8 Å². The van der Waals surface area contributed by atoms with Crippen LogP contribution in [0.1, 0.15) is 65.0 Å². The summed E-state index contributed by atoms with van der Waals surface area (Å²) in [6, 6.07) is 30.3. The average Bonchev–Trinajstić information content (AvgIpc) is 3.27. The minimum atomic E-state index is -1.18. The van der Waals surface area contributed by atoms with E-state index in [1.807, 2.05) is 13.8 Å². The molecular formula is C47H54N2O11. The predicted molar refractivity (Wildman–Crippen MR) is 221 cm³/mol. The molecule has 13 heteroatoms. The van der Waals surface area contributed by atoms with E-state index in [-0.39, 0.29) is 80.6 Å². The molecular weight excluding hydrogens is 769 g/mol. The number of aryl methyl sites for hydroxylation is 1. The number of phenols is 2. The van der Waals surface area contributed by atoms with Gasteiger partial charge >= 0.3 is 11.9 Å². The van der Waals surface area contributed by atoms with Gasteiger partial charge in [-0.25, -0.2) is 9.59 Å². The second kappa shape index (κ2) is 21.1. The van der Waals surface area contributed by atoms with Crippen LogP contribution in [0.4, 0.5) is 0 Å². The number of rotatable bonds is 17. The first-order valence-electron chi connectivity index (χ1n) is 20.5. The fourth-order valence-electron chi connectivity index (χ4n) is 7.84. The first kappa shape index (κ1) is 44.0. The minimum absolute atomic E-state index is 0.0586. The topological polar surface area (TPSA) is 193 Å². The van der Waals surface area contributed by atoms with Gasteiger partial charge in [-0.15, -0.1) is 0 Å². The zero-order chi connectivity index (χ0) is 42.6. The van der Waals surface area contributed by atoms with Crippen LogP contribution in [0, 0.1) is 23.7 Å². The van der Waals surface area contributed by atoms with E-state index in [2.05, 4.69) is 5.32 Å². The van der Waals surface area contributed by atoms with E-state index in [4.69, 9.17) is 29.4 Å². The standard InChI is InChI=1S/C47H54N2O11/c1-29-30(2)43(60-46(55)34-11-7-4-8-12-34)47(59-42(29)28-57-45(54)33-9-5-3-6-10-33)58-41-26-38(44(53)49-27-32-15-20-36(51)21-16-32)37(25-40(41)56-24-23-48)39(52)22-17-31-13-18-35(50)19-14-31/h3-16,18-21,29-30,37-38,40-43,47,50-51H,17,22-28,48H2,1-2H3,(H,49,53)/t29-,30-,37?,38-,40-,41?,42?,43?,47-/m0/s1. The summed E-state index contributed by atoms with van der Waals surface area (Å²) in [4.78, 5) is 54.9. The number of phenolic OH excluding ortho intramolecular Hbond substituents is 2. The Balaban J connectivity index is 1.27. The largest absolute Gasteiger partial charge is 0.508 e. The lowest BCUT2D eigenvalue weighted by atomic mass is 9.72. The van der Waals surface area contributed by atoms with Crippen molar-refractivity contribution in [2.24, 2.45) is 29.4 Å². The molecule has 1 saturated heterocycles. The number of hydrogen-bond donors (Lipinski definition) is 4. The first-order chi connectivity index (χ1) is 29.0. The number of aromatic hydroxyl groups is 2. The molecule has 1 heterocycles. The van der Waals surface area contributed by atoms with Gasteiger partial charge in [0.1, 0.15) is 23.9 Å². The Morgan fingerprint density at radius 2 is 1.32 bits per heavy atom. The van der Waals surface area contributed by atoms with Crippen LogP contribution in [0.3, 0.4) is 0 Å². The molecule has 318 valence electrons. The smallest absolute Gasteiger partial charge is 0.338 e. The van der Waals surface area contributed by atoms with Crippen molar-refractivity contribution in [1.82, 2.24) is 5.32 Å². The zero-order valence-corrected chi connectivity index (χ0v) is 33.9. The number of hydrogen-bond acceptors (Lipinski definition) is 12. The highest BCUT2D eigenvalue weighted by Gasteiger charge is 2.50. The molecule has 1 amide bonds. The number of benzene rings is 4. The fraction of sp³-hybridized carbons (Fsp3) is 0.404.